The first-order chi connectivity index (χ1) is 20.4. The van der Waals surface area contributed by atoms with Crippen molar-refractivity contribution in [2.75, 3.05) is 27.8 Å². The van der Waals surface area contributed by atoms with Crippen molar-refractivity contribution in [1.29, 1.82) is 0 Å². The molecule has 16 heteroatoms. The second kappa shape index (κ2) is 13.2. The van der Waals surface area contributed by atoms with Gasteiger partial charge in [0.15, 0.2) is 42.2 Å². The highest BCUT2D eigenvalue weighted by Gasteiger charge is 2.64. The van der Waals surface area contributed by atoms with Crippen LogP contribution in [-0.4, -0.2) is 93.5 Å². The third kappa shape index (κ3) is 6.16. The largest absolute Gasteiger partial charge is 0.493 e. The van der Waals surface area contributed by atoms with Crippen molar-refractivity contribution >= 4 is 85.7 Å². The molecule has 1 saturated heterocycles. The molecule has 13 nitrogen and oxygen atoms in total. The van der Waals surface area contributed by atoms with Gasteiger partial charge in [-0.05, 0) is 37.6 Å². The lowest BCUT2D eigenvalue weighted by Crippen LogP contribution is -2.64. The summed E-state index contributed by atoms with van der Waals surface area (Å²) in [6, 6.07) is 4.01. The predicted octanol–water partition coefficient (Wildman–Crippen LogP) is 4.67. The van der Waals surface area contributed by atoms with Crippen LogP contribution >= 0.6 is 67.8 Å². The van der Waals surface area contributed by atoms with E-state index in [-0.39, 0.29) is 12.0 Å². The van der Waals surface area contributed by atoms with E-state index in [1.807, 2.05) is 6.07 Å². The van der Waals surface area contributed by atoms with Crippen LogP contribution in [-0.2, 0) is 45.2 Å². The molecule has 0 radical (unpaired) electrons. The zero-order chi connectivity index (χ0) is 31.2. The Bertz CT molecular complexity index is 1300. The number of rotatable bonds is 7. The summed E-state index contributed by atoms with van der Waals surface area (Å²) in [7, 11) is 4.84. The number of carbonyl (C=O) groups is 4. The van der Waals surface area contributed by atoms with Crippen LogP contribution in [0.5, 0.6) is 11.5 Å². The standard InChI is InChI=1S/C27H30I3NO12/c1-11-14(9-15-27(11)7-8-31(2)10-12-5-6-13(36-3)17(39-15)16(12)27)38-23-21(43-26(30)35)19(42-25(29)34)18(41-24(28)33)20(40-23)22(32)37-4/h5-6,11,14-15,18-21,23H,7-10H2,1-4H3/t11?,14-,15+,18+,19+,20+,21-,23-,27-/m1/s1. The SMILES string of the molecule is COC(=O)[C@H]1O[C@@H](O[C@@H]2C[C@@H]3Oc4c(OC)ccc5c4[C@]3(CCN(C)C5)C2C)[C@H](OC(=O)I)[C@@H](OC(=O)I)[C@@H]1OC(=O)I. The van der Waals surface area contributed by atoms with E-state index in [0.717, 1.165) is 43.5 Å². The van der Waals surface area contributed by atoms with E-state index in [0.29, 0.717) is 12.2 Å². The van der Waals surface area contributed by atoms with Crippen LogP contribution < -0.4 is 9.47 Å². The molecule has 5 rings (SSSR count). The molecular formula is C27H30I3NO12. The van der Waals surface area contributed by atoms with Gasteiger partial charge < -0.3 is 42.8 Å². The summed E-state index contributed by atoms with van der Waals surface area (Å²) >= 11 is 4.20. The van der Waals surface area contributed by atoms with E-state index < -0.39 is 60.1 Å². The fourth-order valence-corrected chi connectivity index (χ4v) is 7.88. The lowest BCUT2D eigenvalue weighted by Gasteiger charge is -2.44. The average Bonchev–Trinajstić information content (AvgIpc) is 3.33. The molecule has 43 heavy (non-hydrogen) atoms. The van der Waals surface area contributed by atoms with Crippen molar-refractivity contribution < 1.29 is 57.1 Å². The molecule has 0 bridgehead atoms. The van der Waals surface area contributed by atoms with Crippen molar-refractivity contribution in [1.82, 2.24) is 4.90 Å². The molecule has 1 spiro atoms. The van der Waals surface area contributed by atoms with Gasteiger partial charge in [0.1, 0.15) is 6.10 Å². The van der Waals surface area contributed by atoms with Crippen molar-refractivity contribution in [2.45, 2.75) is 74.6 Å². The van der Waals surface area contributed by atoms with E-state index >= 15 is 0 Å². The van der Waals surface area contributed by atoms with Crippen molar-refractivity contribution in [3.8, 4) is 11.5 Å². The average molecular weight is 941 g/mol. The molecule has 0 N–H and O–H groups in total. The first kappa shape index (κ1) is 33.1. The first-order valence-electron chi connectivity index (χ1n) is 13.4. The second-order valence-corrected chi connectivity index (χ2v) is 13.5. The minimum absolute atomic E-state index is 0.122. The van der Waals surface area contributed by atoms with Crippen molar-refractivity contribution in [2.24, 2.45) is 5.92 Å². The van der Waals surface area contributed by atoms with E-state index in [1.54, 1.807) is 7.11 Å². The summed E-state index contributed by atoms with van der Waals surface area (Å²) in [6.45, 7) is 3.66. The lowest BCUT2D eigenvalue weighted by atomic mass is 9.69. The fraction of sp³-hybridized carbons (Fsp3) is 0.630. The Kier molecular flexibility index (Phi) is 10.2. The van der Waals surface area contributed by atoms with Gasteiger partial charge in [0.25, 0.3) is 0 Å². The summed E-state index contributed by atoms with van der Waals surface area (Å²) in [5.41, 5.74) is 1.85. The number of carbonyl (C=O) groups excluding carboxylic acids is 4. The lowest BCUT2D eigenvalue weighted by molar-refractivity contribution is -0.301. The van der Waals surface area contributed by atoms with Gasteiger partial charge in [-0.2, -0.15) is 0 Å². The smallest absolute Gasteiger partial charge is 0.367 e. The molecule has 9 atom stereocenters. The van der Waals surface area contributed by atoms with E-state index in [9.17, 15) is 19.2 Å². The van der Waals surface area contributed by atoms with Crippen LogP contribution in [0.4, 0.5) is 14.4 Å². The van der Waals surface area contributed by atoms with E-state index in [1.165, 1.54) is 67.8 Å². The molecule has 0 amide bonds. The van der Waals surface area contributed by atoms with Gasteiger partial charge in [0.2, 0.25) is 0 Å². The number of methoxy groups -OCH3 is 2. The third-order valence-corrected chi connectivity index (χ3v) is 9.58. The Morgan fingerprint density at radius 3 is 2.26 bits per heavy atom. The summed E-state index contributed by atoms with van der Waals surface area (Å²) in [5, 5.41) is 0. The Hall–Kier alpha value is -1.23. The van der Waals surface area contributed by atoms with Crippen molar-refractivity contribution in [3.63, 3.8) is 0 Å². The minimum atomic E-state index is -1.53. The van der Waals surface area contributed by atoms with Crippen LogP contribution in [0.3, 0.4) is 0 Å². The Morgan fingerprint density at radius 2 is 1.63 bits per heavy atom. The van der Waals surface area contributed by atoms with Crippen LogP contribution in [0.25, 0.3) is 0 Å². The molecule has 1 aromatic carbocycles. The zero-order valence-corrected chi connectivity index (χ0v) is 30.1. The monoisotopic (exact) mass is 941 g/mol. The second-order valence-electron chi connectivity index (χ2n) is 10.9. The maximum absolute atomic E-state index is 12.9. The maximum atomic E-state index is 12.9. The molecule has 1 aromatic rings. The molecule has 3 heterocycles. The minimum Gasteiger partial charge on any atom is -0.493 e. The number of benzene rings is 1. The highest BCUT2D eigenvalue weighted by Crippen LogP contribution is 2.61. The number of hydrogen-bond acceptors (Lipinski definition) is 13. The first-order valence-corrected chi connectivity index (χ1v) is 16.7. The molecule has 1 aliphatic carbocycles. The van der Waals surface area contributed by atoms with Crippen LogP contribution in [0.2, 0.25) is 0 Å². The summed E-state index contributed by atoms with van der Waals surface area (Å²) in [6.07, 6.45) is -6.67. The number of halogens is 3. The van der Waals surface area contributed by atoms with Gasteiger partial charge in [-0.15, -0.1) is 0 Å². The Morgan fingerprint density at radius 1 is 0.977 bits per heavy atom. The number of nitrogens with zero attached hydrogens (tertiary/aromatic N) is 1. The van der Waals surface area contributed by atoms with Gasteiger partial charge in [0.05, 0.1) is 88.1 Å². The normalized spacial score (nSPS) is 34.6. The third-order valence-electron chi connectivity index (χ3n) is 8.82. The van der Waals surface area contributed by atoms with Crippen LogP contribution in [0.15, 0.2) is 12.1 Å². The van der Waals surface area contributed by atoms with Gasteiger partial charge in [-0.25, -0.2) is 19.2 Å². The van der Waals surface area contributed by atoms with Gasteiger partial charge in [-0.1, -0.05) is 13.0 Å². The van der Waals surface area contributed by atoms with Gasteiger partial charge >= 0.3 is 17.9 Å². The quantitative estimate of drug-likeness (QED) is 0.162. The van der Waals surface area contributed by atoms with E-state index in [2.05, 4.69) is 24.9 Å². The predicted molar refractivity (Wildman–Crippen MR) is 172 cm³/mol. The summed E-state index contributed by atoms with van der Waals surface area (Å²) in [4.78, 5) is 51.5. The summed E-state index contributed by atoms with van der Waals surface area (Å²) < 4.78 is 43.8. The Balaban J connectivity index is 1.52. The fourth-order valence-electron chi connectivity index (χ4n) is 7.00. The van der Waals surface area contributed by atoms with E-state index in [4.69, 9.17) is 37.9 Å². The molecule has 1 unspecified atom stereocenters. The molecule has 236 valence electrons. The zero-order valence-electron chi connectivity index (χ0n) is 23.6. The maximum Gasteiger partial charge on any atom is 0.367 e. The number of hydrogen-bond donors (Lipinski definition) is 0. The molecule has 2 fully saturated rings. The topological polar surface area (TPSA) is 145 Å². The molecule has 0 aromatic heterocycles. The summed E-state index contributed by atoms with van der Waals surface area (Å²) in [5.74, 6) is 0.412. The highest BCUT2D eigenvalue weighted by molar-refractivity contribution is 14.1. The van der Waals surface area contributed by atoms with Crippen LogP contribution in [0.1, 0.15) is 30.9 Å². The number of ether oxygens (including phenoxy) is 8. The Labute approximate surface area is 288 Å². The molecule has 4 aliphatic rings. The molecule has 1 saturated carbocycles. The van der Waals surface area contributed by atoms with Crippen molar-refractivity contribution in [3.05, 3.63) is 23.3 Å². The number of esters is 1. The molecular weight excluding hydrogens is 911 g/mol. The molecule has 3 aliphatic heterocycles. The highest BCUT2D eigenvalue weighted by atomic mass is 127. The van der Waals surface area contributed by atoms with Crippen LogP contribution in [0, 0.1) is 5.92 Å². The van der Waals surface area contributed by atoms with Gasteiger partial charge in [-0.3, -0.25) is 0 Å². The van der Waals surface area contributed by atoms with Gasteiger partial charge in [0, 0.05) is 23.9 Å².